The number of carbonyl (C=O) groups is 1. The van der Waals surface area contributed by atoms with Crippen molar-refractivity contribution in [1.82, 2.24) is 19.6 Å². The topological polar surface area (TPSA) is 72.6 Å². The number of esters is 1. The summed E-state index contributed by atoms with van der Waals surface area (Å²) in [6.45, 7) is 6.03. The van der Waals surface area contributed by atoms with Crippen LogP contribution in [0.4, 0.5) is 5.82 Å². The van der Waals surface area contributed by atoms with Crippen molar-refractivity contribution in [3.63, 3.8) is 0 Å². The van der Waals surface area contributed by atoms with E-state index in [2.05, 4.69) is 20.0 Å². The molecule has 0 aromatic carbocycles. The predicted molar refractivity (Wildman–Crippen MR) is 77.3 cm³/mol. The number of fused-ring (bicyclic) bond motifs is 1. The van der Waals surface area contributed by atoms with Crippen LogP contribution in [0.25, 0.3) is 5.78 Å². The van der Waals surface area contributed by atoms with Crippen LogP contribution in [0.2, 0.25) is 0 Å². The summed E-state index contributed by atoms with van der Waals surface area (Å²) >= 11 is 0. The Hall–Kier alpha value is -2.18. The molecule has 0 atom stereocenters. The molecule has 112 valence electrons. The van der Waals surface area contributed by atoms with E-state index in [-0.39, 0.29) is 12.4 Å². The second-order valence-corrected chi connectivity index (χ2v) is 5.15. The maximum Gasteiger partial charge on any atom is 0.310 e. The van der Waals surface area contributed by atoms with Gasteiger partial charge in [0.25, 0.3) is 5.78 Å². The SMILES string of the molecule is CCOC(=O)Cc1c(C)nc2ncnn2c1N1CCCC1. The molecule has 0 N–H and O–H groups in total. The first kappa shape index (κ1) is 13.8. The van der Waals surface area contributed by atoms with E-state index in [9.17, 15) is 4.79 Å². The third-order valence-electron chi connectivity index (χ3n) is 3.74. The first-order chi connectivity index (χ1) is 10.2. The summed E-state index contributed by atoms with van der Waals surface area (Å²) in [7, 11) is 0. The van der Waals surface area contributed by atoms with Crippen molar-refractivity contribution in [2.75, 3.05) is 24.6 Å². The summed E-state index contributed by atoms with van der Waals surface area (Å²) < 4.78 is 6.81. The highest BCUT2D eigenvalue weighted by Crippen LogP contribution is 2.27. The van der Waals surface area contributed by atoms with Crippen LogP contribution in [0, 0.1) is 6.92 Å². The molecule has 0 aliphatic carbocycles. The fourth-order valence-electron chi connectivity index (χ4n) is 2.79. The molecule has 1 aliphatic rings. The number of anilines is 1. The van der Waals surface area contributed by atoms with E-state index < -0.39 is 0 Å². The Bertz CT molecular complexity index is 661. The maximum atomic E-state index is 11.9. The number of ether oxygens (including phenoxy) is 1. The van der Waals surface area contributed by atoms with Gasteiger partial charge in [-0.1, -0.05) is 0 Å². The minimum absolute atomic E-state index is 0.217. The van der Waals surface area contributed by atoms with Crippen LogP contribution in [0.3, 0.4) is 0 Å². The number of aromatic nitrogens is 4. The van der Waals surface area contributed by atoms with Crippen LogP contribution >= 0.6 is 0 Å². The molecule has 0 radical (unpaired) electrons. The van der Waals surface area contributed by atoms with Crippen LogP contribution in [0.5, 0.6) is 0 Å². The zero-order valence-corrected chi connectivity index (χ0v) is 12.4. The molecule has 7 heteroatoms. The first-order valence-electron chi connectivity index (χ1n) is 7.30. The Labute approximate surface area is 122 Å². The van der Waals surface area contributed by atoms with Gasteiger partial charge in [0.2, 0.25) is 0 Å². The second kappa shape index (κ2) is 5.67. The van der Waals surface area contributed by atoms with Gasteiger partial charge in [0, 0.05) is 24.3 Å². The number of nitrogens with zero attached hydrogens (tertiary/aromatic N) is 5. The van der Waals surface area contributed by atoms with Crippen LogP contribution < -0.4 is 4.90 Å². The highest BCUT2D eigenvalue weighted by molar-refractivity contribution is 5.75. The summed E-state index contributed by atoms with van der Waals surface area (Å²) in [4.78, 5) is 22.7. The third kappa shape index (κ3) is 2.55. The van der Waals surface area contributed by atoms with Crippen molar-refractivity contribution < 1.29 is 9.53 Å². The number of carbonyl (C=O) groups excluding carboxylic acids is 1. The average Bonchev–Trinajstić information content (AvgIpc) is 3.10. The first-order valence-corrected chi connectivity index (χ1v) is 7.30. The Balaban J connectivity index is 2.09. The molecule has 2 aromatic rings. The van der Waals surface area contributed by atoms with Crippen molar-refractivity contribution in [1.29, 1.82) is 0 Å². The fourth-order valence-corrected chi connectivity index (χ4v) is 2.79. The number of aryl methyl sites for hydroxylation is 1. The molecular weight excluding hydrogens is 270 g/mol. The fraction of sp³-hybridized carbons (Fsp3) is 0.571. The minimum atomic E-state index is -0.234. The van der Waals surface area contributed by atoms with Gasteiger partial charge in [-0.25, -0.2) is 4.98 Å². The van der Waals surface area contributed by atoms with Crippen molar-refractivity contribution >= 4 is 17.6 Å². The lowest BCUT2D eigenvalue weighted by molar-refractivity contribution is -0.142. The van der Waals surface area contributed by atoms with E-state index in [0.29, 0.717) is 12.4 Å². The Morgan fingerprint density at radius 3 is 2.86 bits per heavy atom. The van der Waals surface area contributed by atoms with Crippen LogP contribution in [0.1, 0.15) is 31.0 Å². The van der Waals surface area contributed by atoms with Crippen LogP contribution in [0.15, 0.2) is 6.33 Å². The lowest BCUT2D eigenvalue weighted by Gasteiger charge is -2.22. The van der Waals surface area contributed by atoms with Crippen molar-refractivity contribution in [2.24, 2.45) is 0 Å². The molecule has 0 unspecified atom stereocenters. The zero-order chi connectivity index (χ0) is 14.8. The summed E-state index contributed by atoms with van der Waals surface area (Å²) in [5, 5.41) is 4.27. The number of rotatable bonds is 4. The van der Waals surface area contributed by atoms with E-state index >= 15 is 0 Å². The third-order valence-corrected chi connectivity index (χ3v) is 3.74. The van der Waals surface area contributed by atoms with Gasteiger partial charge < -0.3 is 9.64 Å². The van der Waals surface area contributed by atoms with E-state index in [1.54, 1.807) is 4.52 Å². The molecule has 0 bridgehead atoms. The molecule has 3 heterocycles. The summed E-state index contributed by atoms with van der Waals surface area (Å²) in [6, 6.07) is 0. The van der Waals surface area contributed by atoms with Gasteiger partial charge in [0.15, 0.2) is 0 Å². The van der Waals surface area contributed by atoms with Gasteiger partial charge in [-0.05, 0) is 26.7 Å². The lowest BCUT2D eigenvalue weighted by Crippen LogP contribution is -2.25. The average molecular weight is 289 g/mol. The molecule has 0 saturated carbocycles. The van der Waals surface area contributed by atoms with Crippen LogP contribution in [-0.4, -0.2) is 45.2 Å². The maximum absolute atomic E-state index is 11.9. The molecular formula is C14H19N5O2. The Kier molecular flexibility index (Phi) is 3.72. The molecule has 1 saturated heterocycles. The number of hydrogen-bond acceptors (Lipinski definition) is 6. The van der Waals surface area contributed by atoms with Gasteiger partial charge in [-0.3, -0.25) is 4.79 Å². The monoisotopic (exact) mass is 289 g/mol. The molecule has 2 aromatic heterocycles. The quantitative estimate of drug-likeness (QED) is 0.786. The summed E-state index contributed by atoms with van der Waals surface area (Å²) in [5.41, 5.74) is 1.69. The zero-order valence-electron chi connectivity index (χ0n) is 12.4. The van der Waals surface area contributed by atoms with Crippen LogP contribution in [-0.2, 0) is 16.0 Å². The Morgan fingerprint density at radius 2 is 2.14 bits per heavy atom. The molecule has 1 aliphatic heterocycles. The van der Waals surface area contributed by atoms with Gasteiger partial charge in [0.1, 0.15) is 12.1 Å². The molecule has 21 heavy (non-hydrogen) atoms. The smallest absolute Gasteiger partial charge is 0.310 e. The van der Waals surface area contributed by atoms with E-state index in [0.717, 1.165) is 43.0 Å². The molecule has 0 spiro atoms. The Morgan fingerprint density at radius 1 is 1.38 bits per heavy atom. The van der Waals surface area contributed by atoms with Crippen molar-refractivity contribution in [2.45, 2.75) is 33.1 Å². The second-order valence-electron chi connectivity index (χ2n) is 5.15. The van der Waals surface area contributed by atoms with Crippen molar-refractivity contribution in [3.05, 3.63) is 17.6 Å². The standard InChI is InChI=1S/C14H19N5O2/c1-3-21-12(20)8-11-10(2)17-14-15-9-16-19(14)13(11)18-6-4-5-7-18/h9H,3-8H2,1-2H3. The molecule has 7 nitrogen and oxygen atoms in total. The largest absolute Gasteiger partial charge is 0.466 e. The highest BCUT2D eigenvalue weighted by atomic mass is 16.5. The lowest BCUT2D eigenvalue weighted by atomic mass is 10.1. The summed E-state index contributed by atoms with van der Waals surface area (Å²) in [6.07, 6.45) is 4.01. The molecule has 0 amide bonds. The van der Waals surface area contributed by atoms with Crippen molar-refractivity contribution in [3.8, 4) is 0 Å². The number of hydrogen-bond donors (Lipinski definition) is 0. The molecule has 3 rings (SSSR count). The predicted octanol–water partition coefficient (Wildman–Crippen LogP) is 1.14. The minimum Gasteiger partial charge on any atom is -0.466 e. The van der Waals surface area contributed by atoms with Gasteiger partial charge in [-0.2, -0.15) is 14.6 Å². The van der Waals surface area contributed by atoms with Gasteiger partial charge in [0.05, 0.1) is 13.0 Å². The van der Waals surface area contributed by atoms with Gasteiger partial charge in [-0.15, -0.1) is 0 Å². The van der Waals surface area contributed by atoms with E-state index in [1.165, 1.54) is 6.33 Å². The molecule has 1 fully saturated rings. The van der Waals surface area contributed by atoms with E-state index in [1.807, 2.05) is 13.8 Å². The normalized spacial score (nSPS) is 14.9. The summed E-state index contributed by atoms with van der Waals surface area (Å²) in [5.74, 6) is 1.27. The highest BCUT2D eigenvalue weighted by Gasteiger charge is 2.24. The van der Waals surface area contributed by atoms with E-state index in [4.69, 9.17) is 4.74 Å². The van der Waals surface area contributed by atoms with Gasteiger partial charge >= 0.3 is 5.97 Å².